The van der Waals surface area contributed by atoms with Gasteiger partial charge in [0.2, 0.25) is 0 Å². The van der Waals surface area contributed by atoms with Gasteiger partial charge >= 0.3 is 0 Å². The number of fused-ring (bicyclic) bond motifs is 3. The van der Waals surface area contributed by atoms with E-state index in [9.17, 15) is 15.2 Å². The molecule has 0 aliphatic carbocycles. The molecule has 0 saturated carbocycles. The van der Waals surface area contributed by atoms with Crippen molar-refractivity contribution in [1.29, 1.82) is 5.26 Å². The van der Waals surface area contributed by atoms with Crippen molar-refractivity contribution < 1.29 is 5.11 Å². The molecule has 0 amide bonds. The number of phenolic OH excluding ortho intramolecular Hbond substituents is 1. The highest BCUT2D eigenvalue weighted by molar-refractivity contribution is 5.82. The number of para-hydroxylation sites is 2. The fourth-order valence-electron chi connectivity index (χ4n) is 3.51. The summed E-state index contributed by atoms with van der Waals surface area (Å²) in [4.78, 5) is 17.7. The SMILES string of the molecule is Cc1cc(C)c(O)c(N/C=c2/c(C)c(C#N)c3nc4ccccc4n3c2=O)c1. The Morgan fingerprint density at radius 2 is 1.96 bits per heavy atom. The Hall–Kier alpha value is -3.85. The van der Waals surface area contributed by atoms with Crippen molar-refractivity contribution in [2.45, 2.75) is 20.8 Å². The van der Waals surface area contributed by atoms with Gasteiger partial charge in [-0.15, -0.1) is 0 Å². The number of anilines is 1. The monoisotopic (exact) mass is 370 g/mol. The standard InChI is InChI=1S/C22H18N4O2/c1-12-8-13(2)20(27)18(9-12)24-11-16-14(3)15(10-23)21-25-17-6-4-5-7-19(17)26(21)22(16)28/h4-9,11,24,27H,1-3H3/b16-11-. The van der Waals surface area contributed by atoms with Gasteiger partial charge in [0.05, 0.1) is 27.5 Å². The third-order valence-electron chi connectivity index (χ3n) is 4.93. The van der Waals surface area contributed by atoms with Crippen LogP contribution in [-0.2, 0) is 0 Å². The van der Waals surface area contributed by atoms with E-state index in [-0.39, 0.29) is 11.3 Å². The molecule has 138 valence electrons. The van der Waals surface area contributed by atoms with Crippen molar-refractivity contribution in [2.75, 3.05) is 5.32 Å². The molecule has 6 heteroatoms. The zero-order valence-electron chi connectivity index (χ0n) is 15.7. The maximum atomic E-state index is 13.2. The van der Waals surface area contributed by atoms with Gasteiger partial charge in [0, 0.05) is 6.20 Å². The molecule has 4 rings (SSSR count). The highest BCUT2D eigenvalue weighted by atomic mass is 16.3. The van der Waals surface area contributed by atoms with Crippen LogP contribution in [0.4, 0.5) is 5.69 Å². The molecule has 0 aliphatic rings. The predicted octanol–water partition coefficient (Wildman–Crippen LogP) is 2.92. The number of aromatic hydroxyl groups is 1. The minimum atomic E-state index is -0.267. The van der Waals surface area contributed by atoms with E-state index in [2.05, 4.69) is 16.4 Å². The molecule has 2 N–H and O–H groups in total. The Kier molecular flexibility index (Phi) is 4.01. The lowest BCUT2D eigenvalue weighted by atomic mass is 10.1. The van der Waals surface area contributed by atoms with Gasteiger partial charge in [0.25, 0.3) is 5.56 Å². The number of nitrogens with one attached hydrogen (secondary N) is 1. The van der Waals surface area contributed by atoms with Crippen molar-refractivity contribution in [2.24, 2.45) is 0 Å². The summed E-state index contributed by atoms with van der Waals surface area (Å²) in [5.74, 6) is 0.126. The van der Waals surface area contributed by atoms with Crippen LogP contribution in [0.25, 0.3) is 22.9 Å². The largest absolute Gasteiger partial charge is 0.505 e. The number of rotatable bonds is 2. The molecule has 0 fully saturated rings. The van der Waals surface area contributed by atoms with Crippen LogP contribution >= 0.6 is 0 Å². The zero-order chi connectivity index (χ0) is 20.0. The number of phenols is 1. The second kappa shape index (κ2) is 6.39. The van der Waals surface area contributed by atoms with Crippen molar-refractivity contribution >= 4 is 28.6 Å². The van der Waals surface area contributed by atoms with Crippen molar-refractivity contribution in [3.63, 3.8) is 0 Å². The van der Waals surface area contributed by atoms with Gasteiger partial charge in [-0.2, -0.15) is 5.26 Å². The summed E-state index contributed by atoms with van der Waals surface area (Å²) in [5.41, 5.74) is 4.54. The molecule has 6 nitrogen and oxygen atoms in total. The first kappa shape index (κ1) is 17.6. The fraction of sp³-hybridized carbons (Fsp3) is 0.136. The molecule has 0 radical (unpaired) electrons. The zero-order valence-corrected chi connectivity index (χ0v) is 15.7. The maximum Gasteiger partial charge on any atom is 0.265 e. The van der Waals surface area contributed by atoms with Crippen LogP contribution in [-0.4, -0.2) is 14.5 Å². The average Bonchev–Trinajstić information content (AvgIpc) is 3.05. The number of imidazole rings is 1. The van der Waals surface area contributed by atoms with Gasteiger partial charge in [0.1, 0.15) is 11.8 Å². The van der Waals surface area contributed by atoms with Crippen LogP contribution in [0.5, 0.6) is 5.75 Å². The highest BCUT2D eigenvalue weighted by Gasteiger charge is 2.16. The van der Waals surface area contributed by atoms with Gasteiger partial charge in [-0.1, -0.05) is 18.2 Å². The Morgan fingerprint density at radius 1 is 1.21 bits per heavy atom. The molecule has 2 heterocycles. The lowest BCUT2D eigenvalue weighted by molar-refractivity contribution is 0.473. The second-order valence-corrected chi connectivity index (χ2v) is 6.86. The third-order valence-corrected chi connectivity index (χ3v) is 4.93. The molecule has 28 heavy (non-hydrogen) atoms. The van der Waals surface area contributed by atoms with Crippen molar-refractivity contribution in [3.05, 3.63) is 74.2 Å². The molecular weight excluding hydrogens is 352 g/mol. The van der Waals surface area contributed by atoms with Crippen molar-refractivity contribution in [3.8, 4) is 11.8 Å². The minimum absolute atomic E-state index is 0.126. The van der Waals surface area contributed by atoms with Crippen LogP contribution in [0.2, 0.25) is 0 Å². The van der Waals surface area contributed by atoms with Crippen LogP contribution in [0.1, 0.15) is 22.3 Å². The third kappa shape index (κ3) is 2.57. The van der Waals surface area contributed by atoms with Crippen LogP contribution in [0, 0.1) is 32.1 Å². The fourth-order valence-corrected chi connectivity index (χ4v) is 3.51. The number of hydrogen-bond acceptors (Lipinski definition) is 5. The quantitative estimate of drug-likeness (QED) is 0.530. The number of pyridine rings is 1. The number of aromatic nitrogens is 2. The number of nitriles is 1. The Labute approximate surface area is 161 Å². The van der Waals surface area contributed by atoms with Gasteiger partial charge in [0.15, 0.2) is 5.65 Å². The summed E-state index contributed by atoms with van der Waals surface area (Å²) < 4.78 is 1.47. The van der Waals surface area contributed by atoms with Gasteiger partial charge in [-0.25, -0.2) is 4.98 Å². The normalized spacial score (nSPS) is 11.9. The first-order chi connectivity index (χ1) is 13.4. The summed E-state index contributed by atoms with van der Waals surface area (Å²) in [5, 5.41) is 23.4. The average molecular weight is 370 g/mol. The first-order valence-corrected chi connectivity index (χ1v) is 8.83. The molecule has 0 spiro atoms. The smallest absolute Gasteiger partial charge is 0.265 e. The molecule has 0 unspecified atom stereocenters. The van der Waals surface area contributed by atoms with Crippen LogP contribution in [0.3, 0.4) is 0 Å². The Morgan fingerprint density at radius 3 is 2.71 bits per heavy atom. The van der Waals surface area contributed by atoms with E-state index in [0.29, 0.717) is 38.7 Å². The van der Waals surface area contributed by atoms with Gasteiger partial charge in [-0.05, 0) is 55.7 Å². The number of aryl methyl sites for hydroxylation is 2. The Balaban J connectivity index is 2.03. The lowest BCUT2D eigenvalue weighted by Crippen LogP contribution is -2.34. The summed E-state index contributed by atoms with van der Waals surface area (Å²) >= 11 is 0. The number of hydrogen-bond donors (Lipinski definition) is 2. The molecule has 4 aromatic rings. The Bertz CT molecular complexity index is 1410. The number of nitrogens with zero attached hydrogens (tertiary/aromatic N) is 3. The summed E-state index contributed by atoms with van der Waals surface area (Å²) in [6, 6.07) is 13.1. The predicted molar refractivity (Wildman–Crippen MR) is 109 cm³/mol. The van der Waals surface area contributed by atoms with Gasteiger partial charge in [-0.3, -0.25) is 9.20 Å². The van der Waals surface area contributed by atoms with E-state index in [0.717, 1.165) is 11.1 Å². The van der Waals surface area contributed by atoms with Crippen molar-refractivity contribution in [1.82, 2.24) is 9.38 Å². The molecule has 2 aromatic carbocycles. The summed E-state index contributed by atoms with van der Waals surface area (Å²) in [7, 11) is 0. The number of benzene rings is 2. The summed E-state index contributed by atoms with van der Waals surface area (Å²) in [6.45, 7) is 5.47. The highest BCUT2D eigenvalue weighted by Crippen LogP contribution is 2.28. The van der Waals surface area contributed by atoms with E-state index < -0.39 is 0 Å². The molecule has 0 saturated heterocycles. The van der Waals surface area contributed by atoms with E-state index >= 15 is 0 Å². The minimum Gasteiger partial charge on any atom is -0.505 e. The van der Waals surface area contributed by atoms with E-state index in [1.54, 1.807) is 25.3 Å². The topological polar surface area (TPSA) is 90.4 Å². The molecule has 0 aliphatic heterocycles. The van der Waals surface area contributed by atoms with Crippen LogP contribution < -0.4 is 16.1 Å². The van der Waals surface area contributed by atoms with Crippen LogP contribution in [0.15, 0.2) is 41.2 Å². The molecular formula is C22H18N4O2. The lowest BCUT2D eigenvalue weighted by Gasteiger charge is -2.09. The first-order valence-electron chi connectivity index (χ1n) is 8.83. The maximum absolute atomic E-state index is 13.2. The van der Waals surface area contributed by atoms with E-state index in [4.69, 9.17) is 0 Å². The van der Waals surface area contributed by atoms with Gasteiger partial charge < -0.3 is 10.4 Å². The molecule has 0 atom stereocenters. The van der Waals surface area contributed by atoms with E-state index in [1.807, 2.05) is 38.1 Å². The summed E-state index contributed by atoms with van der Waals surface area (Å²) in [6.07, 6.45) is 1.54. The molecule has 0 bridgehead atoms. The second-order valence-electron chi connectivity index (χ2n) is 6.86. The van der Waals surface area contributed by atoms with E-state index in [1.165, 1.54) is 4.40 Å². The molecule has 2 aromatic heterocycles.